The van der Waals surface area contributed by atoms with Crippen molar-refractivity contribution in [2.24, 2.45) is 0 Å². The van der Waals surface area contributed by atoms with E-state index in [1.807, 2.05) is 37.3 Å². The van der Waals surface area contributed by atoms with Crippen LogP contribution in [0.4, 0.5) is 0 Å². The second-order valence-corrected chi connectivity index (χ2v) is 5.13. The Morgan fingerprint density at radius 2 is 1.80 bits per heavy atom. The van der Waals surface area contributed by atoms with Gasteiger partial charge in [-0.2, -0.15) is 0 Å². The first-order chi connectivity index (χ1) is 12.1. The molecule has 6 heteroatoms. The quantitative estimate of drug-likeness (QED) is 0.746. The maximum absolute atomic E-state index is 12.1. The Balaban J connectivity index is 1.86. The molecule has 0 aliphatic rings. The molecule has 0 aromatic heterocycles. The Kier molecular flexibility index (Phi) is 6.83. The Morgan fingerprint density at radius 1 is 1.04 bits per heavy atom. The predicted octanol–water partition coefficient (Wildman–Crippen LogP) is 2.57. The normalized spacial score (nSPS) is 10.0. The van der Waals surface area contributed by atoms with E-state index in [1.165, 1.54) is 7.11 Å². The van der Waals surface area contributed by atoms with E-state index >= 15 is 0 Å². The molecule has 0 unspecified atom stereocenters. The molecular formula is C19H21NO5. The van der Waals surface area contributed by atoms with Crippen LogP contribution in [0.15, 0.2) is 48.5 Å². The summed E-state index contributed by atoms with van der Waals surface area (Å²) >= 11 is 0. The van der Waals surface area contributed by atoms with Crippen LogP contribution in [0.2, 0.25) is 0 Å². The van der Waals surface area contributed by atoms with Crippen LogP contribution in [0, 0.1) is 0 Å². The van der Waals surface area contributed by atoms with Crippen LogP contribution in [0.25, 0.3) is 0 Å². The van der Waals surface area contributed by atoms with E-state index in [4.69, 9.17) is 14.2 Å². The van der Waals surface area contributed by atoms with E-state index in [9.17, 15) is 9.59 Å². The summed E-state index contributed by atoms with van der Waals surface area (Å²) in [6.07, 6.45) is 0. The van der Waals surface area contributed by atoms with Gasteiger partial charge in [-0.15, -0.1) is 0 Å². The molecule has 0 bridgehead atoms. The molecule has 2 aromatic carbocycles. The fourth-order valence-electron chi connectivity index (χ4n) is 2.13. The van der Waals surface area contributed by atoms with Gasteiger partial charge in [0.05, 0.1) is 13.7 Å². The summed E-state index contributed by atoms with van der Waals surface area (Å²) < 4.78 is 15.7. The Hall–Kier alpha value is -3.02. The van der Waals surface area contributed by atoms with E-state index in [0.29, 0.717) is 23.7 Å². The van der Waals surface area contributed by atoms with E-state index in [0.717, 1.165) is 5.56 Å². The number of esters is 1. The summed E-state index contributed by atoms with van der Waals surface area (Å²) in [4.78, 5) is 23.9. The molecule has 2 aromatic rings. The van der Waals surface area contributed by atoms with E-state index in [2.05, 4.69) is 5.32 Å². The number of amides is 1. The number of carbonyl (C=O) groups excluding carboxylic acids is 2. The molecular weight excluding hydrogens is 322 g/mol. The van der Waals surface area contributed by atoms with Gasteiger partial charge < -0.3 is 19.5 Å². The lowest BCUT2D eigenvalue weighted by Gasteiger charge is -2.11. The molecule has 1 N–H and O–H groups in total. The van der Waals surface area contributed by atoms with Crippen LogP contribution in [-0.4, -0.2) is 32.1 Å². The van der Waals surface area contributed by atoms with Crippen LogP contribution in [0.1, 0.15) is 22.8 Å². The Morgan fingerprint density at radius 3 is 2.48 bits per heavy atom. The third-order valence-corrected chi connectivity index (χ3v) is 3.36. The van der Waals surface area contributed by atoms with Crippen molar-refractivity contribution in [3.05, 3.63) is 59.7 Å². The van der Waals surface area contributed by atoms with Crippen LogP contribution < -0.4 is 14.8 Å². The molecule has 0 heterocycles. The zero-order valence-corrected chi connectivity index (χ0v) is 14.3. The number of hydrogen-bond acceptors (Lipinski definition) is 5. The van der Waals surface area contributed by atoms with Crippen LogP contribution >= 0.6 is 0 Å². The van der Waals surface area contributed by atoms with Gasteiger partial charge in [0.15, 0.2) is 11.5 Å². The van der Waals surface area contributed by atoms with Crippen molar-refractivity contribution in [1.82, 2.24) is 5.32 Å². The molecule has 132 valence electrons. The standard InChI is InChI=1S/C19H21NO5/c1-3-24-16-10-9-15(11-17(16)23-2)19(22)20-12-18(21)25-13-14-7-5-4-6-8-14/h4-11H,3,12-13H2,1-2H3,(H,20,22). The number of carbonyl (C=O) groups is 2. The molecule has 0 atom stereocenters. The molecule has 2 rings (SSSR count). The summed E-state index contributed by atoms with van der Waals surface area (Å²) in [5, 5.41) is 2.53. The topological polar surface area (TPSA) is 73.9 Å². The monoisotopic (exact) mass is 343 g/mol. The maximum atomic E-state index is 12.1. The lowest BCUT2D eigenvalue weighted by atomic mass is 10.2. The highest BCUT2D eigenvalue weighted by Gasteiger charge is 2.12. The average Bonchev–Trinajstić information content (AvgIpc) is 2.65. The van der Waals surface area contributed by atoms with Gasteiger partial charge >= 0.3 is 5.97 Å². The van der Waals surface area contributed by atoms with E-state index < -0.39 is 11.9 Å². The second kappa shape index (κ2) is 9.32. The summed E-state index contributed by atoms with van der Waals surface area (Å²) in [5.41, 5.74) is 1.26. The van der Waals surface area contributed by atoms with Crippen molar-refractivity contribution < 1.29 is 23.8 Å². The van der Waals surface area contributed by atoms with Gasteiger partial charge in [-0.1, -0.05) is 30.3 Å². The van der Waals surface area contributed by atoms with Gasteiger partial charge in [0.25, 0.3) is 5.91 Å². The highest BCUT2D eigenvalue weighted by molar-refractivity contribution is 5.96. The van der Waals surface area contributed by atoms with E-state index in [-0.39, 0.29) is 13.2 Å². The summed E-state index contributed by atoms with van der Waals surface area (Å²) in [6.45, 7) is 2.32. The highest BCUT2D eigenvalue weighted by Crippen LogP contribution is 2.27. The minimum atomic E-state index is -0.505. The lowest BCUT2D eigenvalue weighted by molar-refractivity contribution is -0.143. The summed E-state index contributed by atoms with van der Waals surface area (Å²) in [5.74, 6) is 0.123. The predicted molar refractivity (Wildman–Crippen MR) is 92.7 cm³/mol. The molecule has 0 fully saturated rings. The number of ether oxygens (including phenoxy) is 3. The van der Waals surface area contributed by atoms with Gasteiger partial charge in [-0.25, -0.2) is 0 Å². The van der Waals surface area contributed by atoms with Crippen LogP contribution in [0.3, 0.4) is 0 Å². The minimum Gasteiger partial charge on any atom is -0.493 e. The van der Waals surface area contributed by atoms with Gasteiger partial charge in [0.1, 0.15) is 13.2 Å². The van der Waals surface area contributed by atoms with Crippen LogP contribution in [-0.2, 0) is 16.1 Å². The largest absolute Gasteiger partial charge is 0.493 e. The van der Waals surface area contributed by atoms with Gasteiger partial charge in [0, 0.05) is 5.56 Å². The molecule has 25 heavy (non-hydrogen) atoms. The zero-order chi connectivity index (χ0) is 18.1. The van der Waals surface area contributed by atoms with Gasteiger partial charge in [-0.05, 0) is 30.7 Å². The van der Waals surface area contributed by atoms with Crippen molar-refractivity contribution in [2.75, 3.05) is 20.3 Å². The summed E-state index contributed by atoms with van der Waals surface area (Å²) in [6, 6.07) is 14.2. The number of nitrogens with one attached hydrogen (secondary N) is 1. The lowest BCUT2D eigenvalue weighted by Crippen LogP contribution is -2.30. The third kappa shape index (κ3) is 5.53. The molecule has 0 aliphatic carbocycles. The average molecular weight is 343 g/mol. The number of hydrogen-bond donors (Lipinski definition) is 1. The Labute approximate surface area is 146 Å². The molecule has 0 spiro atoms. The maximum Gasteiger partial charge on any atom is 0.325 e. The number of benzene rings is 2. The highest BCUT2D eigenvalue weighted by atomic mass is 16.5. The SMILES string of the molecule is CCOc1ccc(C(=O)NCC(=O)OCc2ccccc2)cc1OC. The number of rotatable bonds is 8. The summed E-state index contributed by atoms with van der Waals surface area (Å²) in [7, 11) is 1.50. The molecule has 0 saturated carbocycles. The van der Waals surface area contributed by atoms with Crippen molar-refractivity contribution in [3.63, 3.8) is 0 Å². The first-order valence-electron chi connectivity index (χ1n) is 7.92. The van der Waals surface area contributed by atoms with Crippen molar-refractivity contribution >= 4 is 11.9 Å². The number of methoxy groups -OCH3 is 1. The van der Waals surface area contributed by atoms with Crippen molar-refractivity contribution in [3.8, 4) is 11.5 Å². The van der Waals surface area contributed by atoms with Gasteiger partial charge in [-0.3, -0.25) is 9.59 Å². The first kappa shape index (κ1) is 18.3. The van der Waals surface area contributed by atoms with Crippen LogP contribution in [0.5, 0.6) is 11.5 Å². The van der Waals surface area contributed by atoms with E-state index in [1.54, 1.807) is 18.2 Å². The minimum absolute atomic E-state index is 0.173. The Bertz CT molecular complexity index is 715. The fourth-order valence-corrected chi connectivity index (χ4v) is 2.13. The fraction of sp³-hybridized carbons (Fsp3) is 0.263. The molecule has 1 amide bonds. The van der Waals surface area contributed by atoms with Crippen molar-refractivity contribution in [1.29, 1.82) is 0 Å². The second-order valence-electron chi connectivity index (χ2n) is 5.13. The van der Waals surface area contributed by atoms with Gasteiger partial charge in [0.2, 0.25) is 0 Å². The molecule has 6 nitrogen and oxygen atoms in total. The zero-order valence-electron chi connectivity index (χ0n) is 14.3. The van der Waals surface area contributed by atoms with Crippen molar-refractivity contribution in [2.45, 2.75) is 13.5 Å². The smallest absolute Gasteiger partial charge is 0.325 e. The molecule has 0 aliphatic heterocycles. The molecule has 0 radical (unpaired) electrons. The molecule has 0 saturated heterocycles. The first-order valence-corrected chi connectivity index (χ1v) is 7.92. The third-order valence-electron chi connectivity index (χ3n) is 3.36.